The van der Waals surface area contributed by atoms with Crippen LogP contribution in [0.1, 0.15) is 18.9 Å². The van der Waals surface area contributed by atoms with E-state index in [0.717, 1.165) is 11.6 Å². The van der Waals surface area contributed by atoms with Crippen LogP contribution in [0.4, 0.5) is 0 Å². The number of ether oxygens (including phenoxy) is 1. The number of halogens is 1. The summed E-state index contributed by atoms with van der Waals surface area (Å²) in [6.45, 7) is 5.53. The Labute approximate surface area is 101 Å². The topological polar surface area (TPSA) is 26.3 Å². The van der Waals surface area contributed by atoms with Crippen molar-refractivity contribution in [2.45, 2.75) is 18.2 Å². The fourth-order valence-corrected chi connectivity index (χ4v) is 1.54. The highest BCUT2D eigenvalue weighted by Gasteiger charge is 2.23. The molecule has 86 valence electrons. The van der Waals surface area contributed by atoms with E-state index in [1.807, 2.05) is 37.3 Å². The van der Waals surface area contributed by atoms with Gasteiger partial charge in [0.15, 0.2) is 0 Å². The minimum atomic E-state index is -0.511. The summed E-state index contributed by atoms with van der Waals surface area (Å²) in [6, 6.07) is 9.73. The minimum absolute atomic E-state index is 0.291. The van der Waals surface area contributed by atoms with E-state index in [1.165, 1.54) is 0 Å². The molecule has 0 saturated carbocycles. The summed E-state index contributed by atoms with van der Waals surface area (Å²) in [5.41, 5.74) is 1.02. The van der Waals surface area contributed by atoms with Crippen molar-refractivity contribution in [1.29, 1.82) is 0 Å². The largest absolute Gasteiger partial charge is 0.462 e. The lowest BCUT2D eigenvalue weighted by molar-refractivity contribution is -0.137. The molecule has 0 N–H and O–H groups in total. The Balaban J connectivity index is 2.52. The molecule has 0 aliphatic rings. The van der Waals surface area contributed by atoms with Crippen molar-refractivity contribution in [2.75, 3.05) is 6.61 Å². The number of hydrogen-bond acceptors (Lipinski definition) is 2. The van der Waals surface area contributed by atoms with Crippen LogP contribution >= 0.6 is 11.6 Å². The van der Waals surface area contributed by atoms with Crippen LogP contribution in [0.15, 0.2) is 43.0 Å². The first kappa shape index (κ1) is 12.8. The first-order chi connectivity index (χ1) is 7.56. The van der Waals surface area contributed by atoms with Gasteiger partial charge in [-0.1, -0.05) is 36.9 Å². The second-order valence-corrected chi connectivity index (χ2v) is 4.52. The molecule has 0 aromatic heterocycles. The quantitative estimate of drug-likeness (QED) is 0.447. The van der Waals surface area contributed by atoms with Gasteiger partial charge >= 0.3 is 5.97 Å². The number of rotatable bonds is 5. The Hall–Kier alpha value is -1.28. The van der Waals surface area contributed by atoms with E-state index in [0.29, 0.717) is 13.0 Å². The van der Waals surface area contributed by atoms with Gasteiger partial charge in [-0.15, -0.1) is 11.6 Å². The summed E-state index contributed by atoms with van der Waals surface area (Å²) in [6.07, 6.45) is 1.71. The summed E-state index contributed by atoms with van der Waals surface area (Å²) >= 11 is 6.37. The number of esters is 1. The molecule has 0 fully saturated rings. The molecule has 2 nitrogen and oxygen atoms in total. The van der Waals surface area contributed by atoms with E-state index >= 15 is 0 Å². The Morgan fingerprint density at radius 1 is 1.50 bits per heavy atom. The van der Waals surface area contributed by atoms with Gasteiger partial charge in [0.2, 0.25) is 0 Å². The summed E-state index contributed by atoms with van der Waals surface area (Å²) in [4.78, 5) is 10.3. The maximum atomic E-state index is 10.9. The molecule has 1 aromatic rings. The standard InChI is InChI=1S/C13H15ClO2/c1-3-12(15)16-10-9-13(2,14)11-7-5-4-6-8-11/h3-8H,1,9-10H2,2H3. The van der Waals surface area contributed by atoms with E-state index in [2.05, 4.69) is 6.58 Å². The van der Waals surface area contributed by atoms with Crippen molar-refractivity contribution in [3.8, 4) is 0 Å². The Morgan fingerprint density at radius 3 is 2.69 bits per heavy atom. The van der Waals surface area contributed by atoms with Crippen molar-refractivity contribution < 1.29 is 9.53 Å². The third-order valence-corrected chi connectivity index (χ3v) is 2.77. The van der Waals surface area contributed by atoms with E-state index in [-0.39, 0.29) is 0 Å². The SMILES string of the molecule is C=CC(=O)OCCC(C)(Cl)c1ccccc1. The second kappa shape index (κ2) is 5.71. The summed E-state index contributed by atoms with van der Waals surface area (Å²) in [7, 11) is 0. The number of alkyl halides is 1. The van der Waals surface area contributed by atoms with Gasteiger partial charge in [-0.05, 0) is 12.5 Å². The third kappa shape index (κ3) is 3.70. The van der Waals surface area contributed by atoms with Crippen LogP contribution < -0.4 is 0 Å². The minimum Gasteiger partial charge on any atom is -0.462 e. The zero-order valence-corrected chi connectivity index (χ0v) is 10.0. The van der Waals surface area contributed by atoms with E-state index in [1.54, 1.807) is 0 Å². The first-order valence-electron chi connectivity index (χ1n) is 5.10. The van der Waals surface area contributed by atoms with Crippen LogP contribution in [0.5, 0.6) is 0 Å². The Morgan fingerprint density at radius 2 is 2.12 bits per heavy atom. The molecule has 0 aliphatic heterocycles. The fourth-order valence-electron chi connectivity index (χ4n) is 1.33. The monoisotopic (exact) mass is 238 g/mol. The van der Waals surface area contributed by atoms with Crippen molar-refractivity contribution in [3.05, 3.63) is 48.6 Å². The summed E-state index contributed by atoms with van der Waals surface area (Å²) in [5, 5.41) is 0. The average molecular weight is 239 g/mol. The molecule has 1 rings (SSSR count). The van der Waals surface area contributed by atoms with Gasteiger partial charge in [-0.3, -0.25) is 0 Å². The lowest BCUT2D eigenvalue weighted by Gasteiger charge is -2.22. The fraction of sp³-hybridized carbons (Fsp3) is 0.308. The van der Waals surface area contributed by atoms with Crippen LogP contribution in [0, 0.1) is 0 Å². The molecular weight excluding hydrogens is 224 g/mol. The molecule has 16 heavy (non-hydrogen) atoms. The van der Waals surface area contributed by atoms with E-state index in [9.17, 15) is 4.79 Å². The van der Waals surface area contributed by atoms with Gasteiger partial charge in [0.05, 0.1) is 11.5 Å². The molecule has 0 aliphatic carbocycles. The lowest BCUT2D eigenvalue weighted by Crippen LogP contribution is -2.17. The molecule has 0 radical (unpaired) electrons. The molecule has 0 spiro atoms. The molecule has 0 amide bonds. The van der Waals surface area contributed by atoms with Crippen molar-refractivity contribution in [3.63, 3.8) is 0 Å². The van der Waals surface area contributed by atoms with Crippen LogP contribution in [-0.4, -0.2) is 12.6 Å². The van der Waals surface area contributed by atoms with Crippen molar-refractivity contribution in [2.24, 2.45) is 0 Å². The number of hydrogen-bond donors (Lipinski definition) is 0. The lowest BCUT2D eigenvalue weighted by atomic mass is 9.97. The smallest absolute Gasteiger partial charge is 0.330 e. The number of carbonyl (C=O) groups excluding carboxylic acids is 1. The zero-order chi connectivity index (χ0) is 12.0. The third-order valence-electron chi connectivity index (χ3n) is 2.36. The van der Waals surface area contributed by atoms with Gasteiger partial charge in [-0.25, -0.2) is 4.79 Å². The number of carbonyl (C=O) groups is 1. The van der Waals surface area contributed by atoms with Crippen LogP contribution in [0.2, 0.25) is 0 Å². The van der Waals surface area contributed by atoms with Gasteiger partial charge in [-0.2, -0.15) is 0 Å². The van der Waals surface area contributed by atoms with E-state index < -0.39 is 10.8 Å². The predicted molar refractivity (Wildman–Crippen MR) is 65.4 cm³/mol. The highest BCUT2D eigenvalue weighted by molar-refractivity contribution is 6.23. The summed E-state index contributed by atoms with van der Waals surface area (Å²) < 4.78 is 4.91. The highest BCUT2D eigenvalue weighted by Crippen LogP contribution is 2.31. The zero-order valence-electron chi connectivity index (χ0n) is 9.28. The molecule has 3 heteroatoms. The molecule has 0 heterocycles. The summed E-state index contributed by atoms with van der Waals surface area (Å²) in [5.74, 6) is -0.416. The van der Waals surface area contributed by atoms with Crippen molar-refractivity contribution >= 4 is 17.6 Å². The van der Waals surface area contributed by atoms with Crippen LogP contribution in [0.3, 0.4) is 0 Å². The predicted octanol–water partition coefficient (Wildman–Crippen LogP) is 3.26. The molecule has 1 atom stereocenters. The number of benzene rings is 1. The van der Waals surface area contributed by atoms with Crippen LogP contribution in [-0.2, 0) is 14.4 Å². The van der Waals surface area contributed by atoms with Gasteiger partial charge in [0, 0.05) is 12.5 Å². The Kier molecular flexibility index (Phi) is 4.56. The molecule has 1 unspecified atom stereocenters. The Bertz CT molecular complexity index is 357. The van der Waals surface area contributed by atoms with E-state index in [4.69, 9.17) is 16.3 Å². The maximum Gasteiger partial charge on any atom is 0.330 e. The second-order valence-electron chi connectivity index (χ2n) is 3.69. The molecule has 0 saturated heterocycles. The average Bonchev–Trinajstić information content (AvgIpc) is 2.30. The normalized spacial score (nSPS) is 13.9. The van der Waals surface area contributed by atoms with Gasteiger partial charge < -0.3 is 4.74 Å². The maximum absolute atomic E-state index is 10.9. The molecule has 0 bridgehead atoms. The van der Waals surface area contributed by atoms with Gasteiger partial charge in [0.25, 0.3) is 0 Å². The van der Waals surface area contributed by atoms with Crippen LogP contribution in [0.25, 0.3) is 0 Å². The highest BCUT2D eigenvalue weighted by atomic mass is 35.5. The molecule has 1 aromatic carbocycles. The first-order valence-corrected chi connectivity index (χ1v) is 5.48. The van der Waals surface area contributed by atoms with Gasteiger partial charge in [0.1, 0.15) is 0 Å². The molecular formula is C13H15ClO2. The van der Waals surface area contributed by atoms with Crippen molar-refractivity contribution in [1.82, 2.24) is 0 Å².